The van der Waals surface area contributed by atoms with Gasteiger partial charge in [0.15, 0.2) is 0 Å². The fourth-order valence-electron chi connectivity index (χ4n) is 3.38. The van der Waals surface area contributed by atoms with E-state index >= 15 is 0 Å². The molecule has 1 aliphatic carbocycles. The zero-order valence-corrected chi connectivity index (χ0v) is 13.2. The first-order valence-corrected chi connectivity index (χ1v) is 8.11. The van der Waals surface area contributed by atoms with E-state index in [0.717, 1.165) is 5.92 Å². The Hall–Kier alpha value is -0.860. The number of benzene rings is 1. The fourth-order valence-corrected chi connectivity index (χ4v) is 3.38. The van der Waals surface area contributed by atoms with Gasteiger partial charge >= 0.3 is 0 Å². The van der Waals surface area contributed by atoms with Gasteiger partial charge in [0.2, 0.25) is 0 Å². The van der Waals surface area contributed by atoms with Gasteiger partial charge < -0.3 is 10.2 Å². The Bertz CT molecular complexity index is 464. The molecule has 0 bridgehead atoms. The predicted molar refractivity (Wildman–Crippen MR) is 85.3 cm³/mol. The lowest BCUT2D eigenvalue weighted by Gasteiger charge is -2.36. The minimum Gasteiger partial charge on any atom is -0.312 e. The fraction of sp³-hybridized carbons (Fsp3) is 0.667. The van der Waals surface area contributed by atoms with E-state index in [-0.39, 0.29) is 0 Å². The molecule has 1 aromatic carbocycles. The molecule has 2 heteroatoms. The van der Waals surface area contributed by atoms with Gasteiger partial charge in [0.25, 0.3) is 0 Å². The van der Waals surface area contributed by atoms with Crippen molar-refractivity contribution in [1.82, 2.24) is 10.2 Å². The van der Waals surface area contributed by atoms with Crippen molar-refractivity contribution in [3.05, 3.63) is 34.9 Å². The van der Waals surface area contributed by atoms with Gasteiger partial charge in [-0.05, 0) is 75.2 Å². The minimum atomic E-state index is 0.668. The maximum absolute atomic E-state index is 3.80. The van der Waals surface area contributed by atoms with Crippen LogP contribution in [0.4, 0.5) is 0 Å². The standard InChI is InChI=1S/C18H28N2/c1-13-4-7-16(8-14(13)2)17-9-18(12-20(3)11-17)19-10-15-5-6-15/h4,7-8,15,17-19H,5-6,9-12H2,1-3H3. The number of nitrogens with one attached hydrogen (secondary N) is 1. The van der Waals surface area contributed by atoms with Crippen LogP contribution in [0.15, 0.2) is 18.2 Å². The molecule has 1 N–H and O–H groups in total. The normalized spacial score (nSPS) is 27.8. The van der Waals surface area contributed by atoms with E-state index in [1.807, 2.05) is 0 Å². The number of nitrogens with zero attached hydrogens (tertiary/aromatic N) is 1. The summed E-state index contributed by atoms with van der Waals surface area (Å²) in [5.41, 5.74) is 4.36. The first-order valence-electron chi connectivity index (χ1n) is 8.11. The average molecular weight is 272 g/mol. The number of piperidine rings is 1. The molecule has 1 saturated carbocycles. The van der Waals surface area contributed by atoms with Crippen molar-refractivity contribution in [1.29, 1.82) is 0 Å². The molecule has 2 nitrogen and oxygen atoms in total. The first kappa shape index (κ1) is 14.1. The molecule has 1 heterocycles. The molecule has 0 aromatic heterocycles. The van der Waals surface area contributed by atoms with Gasteiger partial charge in [0.1, 0.15) is 0 Å². The molecule has 1 aliphatic heterocycles. The van der Waals surface area contributed by atoms with Crippen molar-refractivity contribution in [2.24, 2.45) is 5.92 Å². The summed E-state index contributed by atoms with van der Waals surface area (Å²) in [7, 11) is 2.26. The van der Waals surface area contributed by atoms with Gasteiger partial charge in [-0.3, -0.25) is 0 Å². The van der Waals surface area contributed by atoms with Gasteiger partial charge in [0.05, 0.1) is 0 Å². The van der Waals surface area contributed by atoms with Gasteiger partial charge in [0, 0.05) is 19.1 Å². The third kappa shape index (κ3) is 3.42. The Kier molecular flexibility index (Phi) is 4.13. The van der Waals surface area contributed by atoms with E-state index < -0.39 is 0 Å². The molecule has 110 valence electrons. The summed E-state index contributed by atoms with van der Waals surface area (Å²) in [6.07, 6.45) is 4.17. The number of aryl methyl sites for hydroxylation is 2. The quantitative estimate of drug-likeness (QED) is 0.906. The van der Waals surface area contributed by atoms with E-state index in [1.165, 1.54) is 55.6 Å². The average Bonchev–Trinajstić information content (AvgIpc) is 3.23. The summed E-state index contributed by atoms with van der Waals surface area (Å²) in [6, 6.07) is 7.69. The van der Waals surface area contributed by atoms with Crippen molar-refractivity contribution in [2.75, 3.05) is 26.7 Å². The predicted octanol–water partition coefficient (Wildman–Crippen LogP) is 3.09. The van der Waals surface area contributed by atoms with Crippen LogP contribution < -0.4 is 5.32 Å². The smallest absolute Gasteiger partial charge is 0.0201 e. The lowest BCUT2D eigenvalue weighted by Crippen LogP contribution is -2.47. The third-order valence-electron chi connectivity index (χ3n) is 5.03. The van der Waals surface area contributed by atoms with Gasteiger partial charge in [-0.25, -0.2) is 0 Å². The molecule has 0 radical (unpaired) electrons. The largest absolute Gasteiger partial charge is 0.312 e. The van der Waals surface area contributed by atoms with Crippen LogP contribution in [0.2, 0.25) is 0 Å². The van der Waals surface area contributed by atoms with E-state index in [4.69, 9.17) is 0 Å². The molecule has 2 fully saturated rings. The van der Waals surface area contributed by atoms with Gasteiger partial charge in [-0.1, -0.05) is 18.2 Å². The summed E-state index contributed by atoms with van der Waals surface area (Å²) >= 11 is 0. The second-order valence-corrected chi connectivity index (χ2v) is 7.05. The van der Waals surface area contributed by atoms with Crippen molar-refractivity contribution >= 4 is 0 Å². The maximum atomic E-state index is 3.80. The lowest BCUT2D eigenvalue weighted by molar-refractivity contribution is 0.204. The van der Waals surface area contributed by atoms with Crippen LogP contribution in [-0.2, 0) is 0 Å². The maximum Gasteiger partial charge on any atom is 0.0201 e. The summed E-state index contributed by atoms with van der Waals surface area (Å²) < 4.78 is 0. The Morgan fingerprint density at radius 3 is 2.65 bits per heavy atom. The second-order valence-electron chi connectivity index (χ2n) is 7.05. The first-order chi connectivity index (χ1) is 9.61. The Morgan fingerprint density at radius 1 is 1.15 bits per heavy atom. The molecule has 2 aliphatic rings. The van der Waals surface area contributed by atoms with Crippen LogP contribution in [0.3, 0.4) is 0 Å². The highest BCUT2D eigenvalue weighted by molar-refractivity contribution is 5.32. The second kappa shape index (κ2) is 5.87. The van der Waals surface area contributed by atoms with Crippen LogP contribution in [0.1, 0.15) is 41.9 Å². The van der Waals surface area contributed by atoms with E-state index in [1.54, 1.807) is 0 Å². The summed E-state index contributed by atoms with van der Waals surface area (Å²) in [4.78, 5) is 2.49. The van der Waals surface area contributed by atoms with Gasteiger partial charge in [-0.2, -0.15) is 0 Å². The van der Waals surface area contributed by atoms with E-state index in [2.05, 4.69) is 49.3 Å². The van der Waals surface area contributed by atoms with Crippen molar-refractivity contribution in [2.45, 2.75) is 45.1 Å². The molecule has 1 saturated heterocycles. The molecule has 0 amide bonds. The monoisotopic (exact) mass is 272 g/mol. The van der Waals surface area contributed by atoms with Crippen LogP contribution in [0.5, 0.6) is 0 Å². The molecule has 3 rings (SSSR count). The molecular weight excluding hydrogens is 244 g/mol. The van der Waals surface area contributed by atoms with Crippen molar-refractivity contribution in [3.8, 4) is 0 Å². The van der Waals surface area contributed by atoms with Crippen molar-refractivity contribution in [3.63, 3.8) is 0 Å². The SMILES string of the molecule is Cc1ccc(C2CC(NCC3CC3)CN(C)C2)cc1C. The van der Waals surface area contributed by atoms with Crippen LogP contribution in [0.25, 0.3) is 0 Å². The van der Waals surface area contributed by atoms with Crippen LogP contribution in [-0.4, -0.2) is 37.6 Å². The minimum absolute atomic E-state index is 0.668. The number of hydrogen-bond acceptors (Lipinski definition) is 2. The number of rotatable bonds is 4. The van der Waals surface area contributed by atoms with Gasteiger partial charge in [-0.15, -0.1) is 0 Å². The number of hydrogen-bond donors (Lipinski definition) is 1. The van der Waals surface area contributed by atoms with E-state index in [0.29, 0.717) is 12.0 Å². The summed E-state index contributed by atoms with van der Waals surface area (Å²) in [5, 5.41) is 3.80. The van der Waals surface area contributed by atoms with E-state index in [9.17, 15) is 0 Å². The van der Waals surface area contributed by atoms with Crippen molar-refractivity contribution < 1.29 is 0 Å². The Morgan fingerprint density at radius 2 is 1.95 bits per heavy atom. The highest BCUT2D eigenvalue weighted by Crippen LogP contribution is 2.30. The summed E-state index contributed by atoms with van der Waals surface area (Å²) in [6.45, 7) is 8.07. The molecule has 2 atom stereocenters. The lowest BCUT2D eigenvalue weighted by atomic mass is 9.87. The third-order valence-corrected chi connectivity index (χ3v) is 5.03. The molecule has 2 unspecified atom stereocenters. The van der Waals surface area contributed by atoms with Crippen LogP contribution >= 0.6 is 0 Å². The molecule has 1 aromatic rings. The van der Waals surface area contributed by atoms with Crippen LogP contribution in [0, 0.1) is 19.8 Å². The number of likely N-dealkylation sites (N-methyl/N-ethyl adjacent to an activating group) is 1. The Labute approximate surface area is 123 Å². The zero-order chi connectivity index (χ0) is 14.1. The summed E-state index contributed by atoms with van der Waals surface area (Å²) in [5.74, 6) is 1.66. The topological polar surface area (TPSA) is 15.3 Å². The molecular formula is C18H28N2. The highest BCUT2D eigenvalue weighted by Gasteiger charge is 2.28. The highest BCUT2D eigenvalue weighted by atomic mass is 15.1. The number of likely N-dealkylation sites (tertiary alicyclic amines) is 1. The molecule has 20 heavy (non-hydrogen) atoms. The zero-order valence-electron chi connectivity index (χ0n) is 13.2. The Balaban J connectivity index is 1.66. The molecule has 0 spiro atoms.